The molecule has 184 valence electrons. The predicted octanol–water partition coefficient (Wildman–Crippen LogP) is 11.8. The van der Waals surface area contributed by atoms with Gasteiger partial charge >= 0.3 is 207 Å². The first kappa shape index (κ1) is 31.2. The van der Waals surface area contributed by atoms with E-state index in [1.165, 1.54) is 128 Å². The minimum absolute atomic E-state index is 1.37. The molecule has 0 aromatic carbocycles. The van der Waals surface area contributed by atoms with Gasteiger partial charge in [-0.2, -0.15) is 0 Å². The second-order valence-corrected chi connectivity index (χ2v) is 24.0. The summed E-state index contributed by atoms with van der Waals surface area (Å²) >= 11 is 3.18. The quantitative estimate of drug-likeness (QED) is 0.0632. The van der Waals surface area contributed by atoms with E-state index in [0.29, 0.717) is 0 Å². The molecule has 0 saturated carbocycles. The molecule has 0 amide bonds. The molecule has 0 unspecified atom stereocenters. The van der Waals surface area contributed by atoms with E-state index >= 15 is 0 Å². The molecule has 0 aromatic rings. The van der Waals surface area contributed by atoms with Crippen LogP contribution >= 0.6 is 26.3 Å². The number of unbranched alkanes of at least 4 members (excludes halogenated alkanes) is 16. The first-order chi connectivity index (χ1) is 14.5. The third-order valence-corrected chi connectivity index (χ3v) is 18.8. The fourth-order valence-corrected chi connectivity index (χ4v) is 14.6. The van der Waals surface area contributed by atoms with Crippen LogP contribution in [0.25, 0.3) is 0 Å². The Morgan fingerprint density at radius 1 is 0.333 bits per heavy atom. The van der Waals surface area contributed by atoms with Gasteiger partial charge in [0.2, 0.25) is 0 Å². The standard InChI is InChI=1S/C28H60IP/c1-5-9-13-17-19-23-27-30(29,25-21-15-11-7-3,26-22-16-12-8-4)28-24-20-18-14-10-6-2/h5-28H2,1-4H3. The molecule has 0 nitrogen and oxygen atoms in total. The van der Waals surface area contributed by atoms with Gasteiger partial charge in [-0.3, -0.25) is 0 Å². The van der Waals surface area contributed by atoms with Crippen LogP contribution in [0.4, 0.5) is 0 Å². The van der Waals surface area contributed by atoms with E-state index in [-0.39, 0.29) is 0 Å². The Kier molecular flexibility index (Phi) is 21.5. The Hall–Kier alpha value is 1.16. The van der Waals surface area contributed by atoms with E-state index in [2.05, 4.69) is 49.7 Å². The van der Waals surface area contributed by atoms with Crippen LogP contribution in [-0.4, -0.2) is 24.6 Å². The van der Waals surface area contributed by atoms with Crippen LogP contribution in [0.5, 0.6) is 0 Å². The molecular formula is C28H60IP. The van der Waals surface area contributed by atoms with Crippen LogP contribution in [-0.2, 0) is 0 Å². The van der Waals surface area contributed by atoms with Crippen molar-refractivity contribution in [2.24, 2.45) is 0 Å². The molecular weight excluding hydrogens is 494 g/mol. The molecule has 0 aliphatic heterocycles. The number of halogens is 1. The van der Waals surface area contributed by atoms with Crippen molar-refractivity contribution < 1.29 is 0 Å². The molecule has 2 heteroatoms. The summed E-state index contributed by atoms with van der Waals surface area (Å²) in [5.41, 5.74) is 0. The molecule has 0 aliphatic rings. The predicted molar refractivity (Wildman–Crippen MR) is 155 cm³/mol. The van der Waals surface area contributed by atoms with Gasteiger partial charge in [-0.25, -0.2) is 0 Å². The van der Waals surface area contributed by atoms with Crippen LogP contribution in [0.1, 0.15) is 156 Å². The topological polar surface area (TPSA) is 0 Å². The Morgan fingerprint density at radius 2 is 0.533 bits per heavy atom. The third kappa shape index (κ3) is 16.7. The Bertz CT molecular complexity index is 323. The zero-order valence-electron chi connectivity index (χ0n) is 21.8. The maximum atomic E-state index is 3.18. The summed E-state index contributed by atoms with van der Waals surface area (Å²) in [5, 5.41) is 0. The van der Waals surface area contributed by atoms with Crippen LogP contribution < -0.4 is 0 Å². The van der Waals surface area contributed by atoms with Crippen molar-refractivity contribution in [3.05, 3.63) is 0 Å². The zero-order valence-corrected chi connectivity index (χ0v) is 24.8. The monoisotopic (exact) mass is 554 g/mol. The van der Waals surface area contributed by atoms with E-state index in [1.54, 1.807) is 24.6 Å². The fourth-order valence-electron chi connectivity index (χ4n) is 5.11. The second-order valence-electron chi connectivity index (χ2n) is 10.4. The molecule has 0 atom stereocenters. The maximum absolute atomic E-state index is 3.18. The van der Waals surface area contributed by atoms with Gasteiger partial charge in [-0.05, 0) is 0 Å². The number of hydrogen-bond acceptors (Lipinski definition) is 0. The summed E-state index contributed by atoms with van der Waals surface area (Å²) < 4.78 is -1.56. The summed E-state index contributed by atoms with van der Waals surface area (Å²) in [4.78, 5) is 0. The van der Waals surface area contributed by atoms with E-state index in [1.807, 2.05) is 0 Å². The summed E-state index contributed by atoms with van der Waals surface area (Å²) in [6.45, 7) is 9.40. The Labute approximate surface area is 206 Å². The van der Waals surface area contributed by atoms with Crippen molar-refractivity contribution in [2.75, 3.05) is 24.6 Å². The van der Waals surface area contributed by atoms with Crippen molar-refractivity contribution >= 4 is 26.3 Å². The SMILES string of the molecule is CCCCCCCCP(I)(CCCCCC)(CCCCCC)CCCCCCCC. The van der Waals surface area contributed by atoms with Gasteiger partial charge in [-0.1, -0.05) is 0 Å². The fraction of sp³-hybridized carbons (Fsp3) is 1.00. The van der Waals surface area contributed by atoms with Gasteiger partial charge in [0.05, 0.1) is 0 Å². The molecule has 0 aromatic heterocycles. The van der Waals surface area contributed by atoms with Gasteiger partial charge in [0.15, 0.2) is 0 Å². The van der Waals surface area contributed by atoms with Gasteiger partial charge in [0.1, 0.15) is 0 Å². The van der Waals surface area contributed by atoms with E-state index < -0.39 is 4.25 Å². The second kappa shape index (κ2) is 20.7. The summed E-state index contributed by atoms with van der Waals surface area (Å²) in [7, 11) is 0. The summed E-state index contributed by atoms with van der Waals surface area (Å²) in [5.74, 6) is 0. The van der Waals surface area contributed by atoms with Crippen LogP contribution in [0.15, 0.2) is 0 Å². The minimum atomic E-state index is -1.56. The van der Waals surface area contributed by atoms with Gasteiger partial charge < -0.3 is 0 Å². The average molecular weight is 555 g/mol. The van der Waals surface area contributed by atoms with Crippen LogP contribution in [0.3, 0.4) is 0 Å². The molecule has 0 rings (SSSR count). The van der Waals surface area contributed by atoms with Crippen LogP contribution in [0.2, 0.25) is 0 Å². The molecule has 0 bridgehead atoms. The van der Waals surface area contributed by atoms with Crippen molar-refractivity contribution in [1.82, 2.24) is 0 Å². The first-order valence-corrected chi connectivity index (χ1v) is 20.0. The average Bonchev–Trinajstić information content (AvgIpc) is 2.74. The third-order valence-electron chi connectivity index (χ3n) is 7.28. The molecule has 0 fully saturated rings. The van der Waals surface area contributed by atoms with Crippen molar-refractivity contribution in [3.63, 3.8) is 0 Å². The Morgan fingerprint density at radius 3 is 0.800 bits per heavy atom. The van der Waals surface area contributed by atoms with E-state index in [0.717, 1.165) is 0 Å². The van der Waals surface area contributed by atoms with Gasteiger partial charge in [0.25, 0.3) is 0 Å². The Balaban J connectivity index is 4.92. The first-order valence-electron chi connectivity index (χ1n) is 14.3. The van der Waals surface area contributed by atoms with Gasteiger partial charge in [-0.15, -0.1) is 0 Å². The van der Waals surface area contributed by atoms with E-state index in [4.69, 9.17) is 0 Å². The van der Waals surface area contributed by atoms with Crippen molar-refractivity contribution in [2.45, 2.75) is 156 Å². The molecule has 0 aliphatic carbocycles. The van der Waals surface area contributed by atoms with Crippen molar-refractivity contribution in [1.29, 1.82) is 0 Å². The molecule has 0 heterocycles. The molecule has 0 N–H and O–H groups in total. The zero-order chi connectivity index (χ0) is 22.4. The van der Waals surface area contributed by atoms with Gasteiger partial charge in [0, 0.05) is 0 Å². The normalized spacial score (nSPS) is 13.4. The molecule has 0 saturated heterocycles. The summed E-state index contributed by atoms with van der Waals surface area (Å²) in [6.07, 6.45) is 35.7. The molecule has 0 radical (unpaired) electrons. The van der Waals surface area contributed by atoms with Crippen molar-refractivity contribution in [3.8, 4) is 0 Å². The van der Waals surface area contributed by atoms with E-state index in [9.17, 15) is 0 Å². The number of hydrogen-bond donors (Lipinski definition) is 0. The van der Waals surface area contributed by atoms with Crippen LogP contribution in [0, 0.1) is 0 Å². The molecule has 30 heavy (non-hydrogen) atoms. The summed E-state index contributed by atoms with van der Waals surface area (Å²) in [6, 6.07) is 0. The number of rotatable bonds is 24. The molecule has 0 spiro atoms.